The van der Waals surface area contributed by atoms with Crippen molar-refractivity contribution in [3.63, 3.8) is 0 Å². The lowest BCUT2D eigenvalue weighted by atomic mass is 10.0. The van der Waals surface area contributed by atoms with E-state index in [1.54, 1.807) is 0 Å². The number of carbonyl (C=O) groups excluding carboxylic acids is 1. The van der Waals surface area contributed by atoms with Crippen LogP contribution in [0.3, 0.4) is 0 Å². The van der Waals surface area contributed by atoms with E-state index in [0.717, 1.165) is 14.0 Å². The predicted octanol–water partition coefficient (Wildman–Crippen LogP) is 2.72. The lowest BCUT2D eigenvalue weighted by Crippen LogP contribution is -2.19. The lowest BCUT2D eigenvalue weighted by Gasteiger charge is -2.16. The molecule has 0 spiro atoms. The summed E-state index contributed by atoms with van der Waals surface area (Å²) in [5.74, 6) is -1.22. The third kappa shape index (κ3) is 2.74. The highest BCUT2D eigenvalue weighted by molar-refractivity contribution is 5.94. The summed E-state index contributed by atoms with van der Waals surface area (Å²) in [6.07, 6.45) is -8.36. The summed E-state index contributed by atoms with van der Waals surface area (Å²) in [5, 5.41) is 0. The SMILES string of the molecule is COC(=O)c1c(C(F)F)nc(C(F)(F)F)c(N)c1C. The van der Waals surface area contributed by atoms with Crippen LogP contribution in [-0.4, -0.2) is 18.1 Å². The molecule has 106 valence electrons. The normalized spacial score (nSPS) is 11.8. The molecule has 0 saturated carbocycles. The summed E-state index contributed by atoms with van der Waals surface area (Å²) in [6.45, 7) is 1.02. The molecule has 1 aromatic heterocycles. The van der Waals surface area contributed by atoms with Crippen molar-refractivity contribution < 1.29 is 31.5 Å². The molecule has 0 radical (unpaired) electrons. The maximum absolute atomic E-state index is 12.7. The number of esters is 1. The van der Waals surface area contributed by atoms with Gasteiger partial charge in [-0.3, -0.25) is 0 Å². The van der Waals surface area contributed by atoms with Gasteiger partial charge in [0.25, 0.3) is 6.43 Å². The second-order valence-electron chi connectivity index (χ2n) is 3.55. The molecule has 0 aliphatic rings. The van der Waals surface area contributed by atoms with Crippen molar-refractivity contribution in [2.75, 3.05) is 12.8 Å². The number of nitrogens with zero attached hydrogens (tertiary/aromatic N) is 1. The van der Waals surface area contributed by atoms with E-state index < -0.39 is 46.8 Å². The Morgan fingerprint density at radius 1 is 1.37 bits per heavy atom. The maximum atomic E-state index is 12.7. The van der Waals surface area contributed by atoms with Crippen LogP contribution >= 0.6 is 0 Å². The van der Waals surface area contributed by atoms with E-state index in [1.165, 1.54) is 0 Å². The fourth-order valence-electron chi connectivity index (χ4n) is 1.47. The molecular formula is C10H9F5N2O2. The van der Waals surface area contributed by atoms with Crippen molar-refractivity contribution in [3.05, 3.63) is 22.5 Å². The quantitative estimate of drug-likeness (QED) is 0.670. The van der Waals surface area contributed by atoms with Crippen molar-refractivity contribution in [3.8, 4) is 0 Å². The average Bonchev–Trinajstić information content (AvgIpc) is 2.29. The van der Waals surface area contributed by atoms with Gasteiger partial charge in [-0.1, -0.05) is 0 Å². The van der Waals surface area contributed by atoms with Gasteiger partial charge in [0, 0.05) is 0 Å². The highest BCUT2D eigenvalue weighted by Crippen LogP contribution is 2.37. The Balaban J connectivity index is 3.68. The van der Waals surface area contributed by atoms with Gasteiger partial charge in [0.2, 0.25) is 0 Å². The molecule has 0 amide bonds. The van der Waals surface area contributed by atoms with Crippen LogP contribution in [0.4, 0.5) is 27.6 Å². The smallest absolute Gasteiger partial charge is 0.435 e. The van der Waals surface area contributed by atoms with Crippen LogP contribution in [0, 0.1) is 6.92 Å². The van der Waals surface area contributed by atoms with Crippen molar-refractivity contribution >= 4 is 11.7 Å². The van der Waals surface area contributed by atoms with Gasteiger partial charge in [0.05, 0.1) is 18.4 Å². The molecule has 9 heteroatoms. The third-order valence-electron chi connectivity index (χ3n) is 2.39. The van der Waals surface area contributed by atoms with Crippen LogP contribution in [0.25, 0.3) is 0 Å². The zero-order valence-corrected chi connectivity index (χ0v) is 9.81. The van der Waals surface area contributed by atoms with Crippen molar-refractivity contribution in [2.45, 2.75) is 19.5 Å². The fourth-order valence-corrected chi connectivity index (χ4v) is 1.47. The van der Waals surface area contributed by atoms with Crippen LogP contribution in [0.1, 0.15) is 33.7 Å². The first-order valence-corrected chi connectivity index (χ1v) is 4.84. The second-order valence-corrected chi connectivity index (χ2v) is 3.55. The van der Waals surface area contributed by atoms with E-state index in [1.807, 2.05) is 0 Å². The Morgan fingerprint density at radius 2 is 1.89 bits per heavy atom. The Labute approximate surface area is 104 Å². The van der Waals surface area contributed by atoms with Crippen LogP contribution in [0.2, 0.25) is 0 Å². The van der Waals surface area contributed by atoms with Gasteiger partial charge in [-0.2, -0.15) is 13.2 Å². The van der Waals surface area contributed by atoms with Gasteiger partial charge in [0.1, 0.15) is 5.69 Å². The minimum atomic E-state index is -4.99. The average molecular weight is 284 g/mol. The first-order chi connectivity index (χ1) is 8.61. The van der Waals surface area contributed by atoms with Crippen LogP contribution in [0.15, 0.2) is 0 Å². The topological polar surface area (TPSA) is 65.2 Å². The number of anilines is 1. The molecule has 0 atom stereocenters. The van der Waals surface area contributed by atoms with Crippen LogP contribution < -0.4 is 5.73 Å². The first-order valence-electron chi connectivity index (χ1n) is 4.84. The van der Waals surface area contributed by atoms with Crippen LogP contribution in [0.5, 0.6) is 0 Å². The van der Waals surface area contributed by atoms with Gasteiger partial charge < -0.3 is 10.5 Å². The molecule has 0 aliphatic heterocycles. The van der Waals surface area contributed by atoms with E-state index >= 15 is 0 Å². The summed E-state index contributed by atoms with van der Waals surface area (Å²) < 4.78 is 67.4. The third-order valence-corrected chi connectivity index (χ3v) is 2.39. The van der Waals surface area contributed by atoms with Crippen molar-refractivity contribution in [1.29, 1.82) is 0 Å². The molecule has 0 aromatic carbocycles. The Kier molecular flexibility index (Phi) is 3.97. The summed E-state index contributed by atoms with van der Waals surface area (Å²) >= 11 is 0. The summed E-state index contributed by atoms with van der Waals surface area (Å²) in [7, 11) is 0.908. The molecule has 4 nitrogen and oxygen atoms in total. The van der Waals surface area contributed by atoms with E-state index in [4.69, 9.17) is 5.73 Å². The molecule has 1 rings (SSSR count). The summed E-state index contributed by atoms with van der Waals surface area (Å²) in [5.41, 5.74) is 0.185. The number of hydrogen-bond acceptors (Lipinski definition) is 4. The number of alkyl halides is 5. The minimum absolute atomic E-state index is 0.440. The van der Waals surface area contributed by atoms with Gasteiger partial charge in [-0.15, -0.1) is 0 Å². The number of nitrogens with two attached hydrogens (primary N) is 1. The number of methoxy groups -OCH3 is 1. The molecule has 19 heavy (non-hydrogen) atoms. The number of nitrogen functional groups attached to an aromatic ring is 1. The van der Waals surface area contributed by atoms with Gasteiger partial charge in [-0.25, -0.2) is 18.6 Å². The predicted molar refractivity (Wildman–Crippen MR) is 54.7 cm³/mol. The van der Waals surface area contributed by atoms with E-state index in [0.29, 0.717) is 0 Å². The molecule has 1 heterocycles. The molecule has 2 N–H and O–H groups in total. The second kappa shape index (κ2) is 4.98. The minimum Gasteiger partial charge on any atom is -0.465 e. The standard InChI is InChI=1S/C10H9F5N2O2/c1-3-4(9(18)19-2)6(8(11)12)17-7(5(3)16)10(13,14)15/h8H,16H2,1-2H3. The van der Waals surface area contributed by atoms with E-state index in [2.05, 4.69) is 9.72 Å². The van der Waals surface area contributed by atoms with Crippen molar-refractivity contribution in [2.24, 2.45) is 0 Å². The molecule has 0 fully saturated rings. The Bertz CT molecular complexity index is 514. The Hall–Kier alpha value is -1.93. The zero-order chi connectivity index (χ0) is 15.0. The maximum Gasteiger partial charge on any atom is 0.435 e. The van der Waals surface area contributed by atoms with E-state index in [-0.39, 0.29) is 0 Å². The highest BCUT2D eigenvalue weighted by Gasteiger charge is 2.39. The molecule has 0 saturated heterocycles. The number of rotatable bonds is 2. The lowest BCUT2D eigenvalue weighted by molar-refractivity contribution is -0.140. The monoisotopic (exact) mass is 284 g/mol. The summed E-state index contributed by atoms with van der Waals surface area (Å²) in [4.78, 5) is 14.1. The number of carbonyl (C=O) groups is 1. The molecular weight excluding hydrogens is 275 g/mol. The molecule has 0 unspecified atom stereocenters. The summed E-state index contributed by atoms with van der Waals surface area (Å²) in [6, 6.07) is 0. The van der Waals surface area contributed by atoms with Crippen molar-refractivity contribution in [1.82, 2.24) is 4.98 Å². The van der Waals surface area contributed by atoms with Gasteiger partial charge in [0.15, 0.2) is 5.69 Å². The Morgan fingerprint density at radius 3 is 2.26 bits per heavy atom. The largest absolute Gasteiger partial charge is 0.465 e. The number of hydrogen-bond donors (Lipinski definition) is 1. The van der Waals surface area contributed by atoms with Crippen LogP contribution in [-0.2, 0) is 10.9 Å². The first kappa shape index (κ1) is 15.1. The number of ether oxygens (including phenoxy) is 1. The van der Waals surface area contributed by atoms with Gasteiger partial charge in [-0.05, 0) is 12.5 Å². The van der Waals surface area contributed by atoms with E-state index in [9.17, 15) is 26.7 Å². The molecule has 1 aromatic rings. The fraction of sp³-hybridized carbons (Fsp3) is 0.400. The number of halogens is 5. The zero-order valence-electron chi connectivity index (χ0n) is 9.81. The molecule has 0 aliphatic carbocycles. The number of pyridine rings is 1. The van der Waals surface area contributed by atoms with Gasteiger partial charge >= 0.3 is 12.1 Å². The number of aromatic nitrogens is 1. The molecule has 0 bridgehead atoms. The highest BCUT2D eigenvalue weighted by atomic mass is 19.4.